The number of nitrogens with one attached hydrogen (secondary N) is 1. The summed E-state index contributed by atoms with van der Waals surface area (Å²) in [6.07, 6.45) is 2.45. The third kappa shape index (κ3) is 2.60. The Balaban J connectivity index is 1.72. The average Bonchev–Trinajstić information content (AvgIpc) is 3.07. The molecule has 2 fully saturated rings. The number of aryl methyl sites for hydroxylation is 1. The number of hydrogen-bond acceptors (Lipinski definition) is 4. The third-order valence-corrected chi connectivity index (χ3v) is 5.09. The van der Waals surface area contributed by atoms with E-state index in [1.54, 1.807) is 24.0 Å². The first-order valence-corrected chi connectivity index (χ1v) is 7.77. The quantitative estimate of drug-likeness (QED) is 0.890. The smallest absolute Gasteiger partial charge is 0.321 e. The maximum Gasteiger partial charge on any atom is 0.321 e. The monoisotopic (exact) mass is 319 g/mol. The van der Waals surface area contributed by atoms with Crippen LogP contribution in [0.15, 0.2) is 12.1 Å². The molecule has 124 valence electrons. The molecule has 23 heavy (non-hydrogen) atoms. The second-order valence-electron chi connectivity index (χ2n) is 6.35. The lowest BCUT2D eigenvalue weighted by atomic mass is 9.81. The van der Waals surface area contributed by atoms with Crippen LogP contribution in [0.1, 0.15) is 25.0 Å². The van der Waals surface area contributed by atoms with Crippen LogP contribution in [-0.2, 0) is 4.79 Å². The summed E-state index contributed by atoms with van der Waals surface area (Å²) in [5.74, 6) is -0.237. The van der Waals surface area contributed by atoms with Crippen molar-refractivity contribution in [1.29, 1.82) is 0 Å². The van der Waals surface area contributed by atoms with Crippen molar-refractivity contribution in [2.24, 2.45) is 11.3 Å². The number of hydrogen-bond donors (Lipinski definition) is 2. The number of likely N-dealkylation sites (tertiary alicyclic amines) is 1. The van der Waals surface area contributed by atoms with Gasteiger partial charge < -0.3 is 20.1 Å². The zero-order valence-corrected chi connectivity index (χ0v) is 13.3. The lowest BCUT2D eigenvalue weighted by molar-refractivity contribution is -0.149. The minimum absolute atomic E-state index is 0.0563. The molecule has 0 bridgehead atoms. The van der Waals surface area contributed by atoms with Crippen LogP contribution in [0.2, 0.25) is 0 Å². The van der Waals surface area contributed by atoms with Crippen molar-refractivity contribution in [3.8, 4) is 5.88 Å². The Morgan fingerprint density at radius 2 is 2.26 bits per heavy atom. The van der Waals surface area contributed by atoms with Crippen LogP contribution >= 0.6 is 0 Å². The minimum atomic E-state index is -0.780. The Labute approximate surface area is 134 Å². The molecule has 7 heteroatoms. The summed E-state index contributed by atoms with van der Waals surface area (Å²) in [6.45, 7) is 2.57. The average molecular weight is 319 g/mol. The molecule has 2 amide bonds. The number of carbonyl (C=O) groups is 2. The van der Waals surface area contributed by atoms with Gasteiger partial charge in [0.25, 0.3) is 0 Å². The Morgan fingerprint density at radius 1 is 1.48 bits per heavy atom. The fraction of sp³-hybridized carbons (Fsp3) is 0.562. The number of rotatable bonds is 3. The van der Waals surface area contributed by atoms with Crippen LogP contribution in [-0.4, -0.2) is 47.2 Å². The van der Waals surface area contributed by atoms with Crippen LogP contribution in [0.3, 0.4) is 0 Å². The molecule has 7 nitrogen and oxygen atoms in total. The summed E-state index contributed by atoms with van der Waals surface area (Å²) >= 11 is 0. The zero-order chi connectivity index (χ0) is 16.6. The molecular weight excluding hydrogens is 298 g/mol. The van der Waals surface area contributed by atoms with E-state index in [1.165, 1.54) is 7.11 Å². The van der Waals surface area contributed by atoms with E-state index in [0.29, 0.717) is 30.2 Å². The van der Waals surface area contributed by atoms with Gasteiger partial charge in [-0.25, -0.2) is 9.78 Å². The molecule has 2 atom stereocenters. The van der Waals surface area contributed by atoms with Gasteiger partial charge in [-0.05, 0) is 31.7 Å². The van der Waals surface area contributed by atoms with E-state index < -0.39 is 11.4 Å². The van der Waals surface area contributed by atoms with E-state index >= 15 is 0 Å². The van der Waals surface area contributed by atoms with E-state index in [4.69, 9.17) is 4.74 Å². The van der Waals surface area contributed by atoms with Crippen LogP contribution in [0.4, 0.5) is 10.5 Å². The zero-order valence-electron chi connectivity index (χ0n) is 13.3. The molecule has 1 saturated heterocycles. The highest BCUT2D eigenvalue weighted by Crippen LogP contribution is 2.48. The summed E-state index contributed by atoms with van der Waals surface area (Å²) < 4.78 is 5.05. The number of carbonyl (C=O) groups excluding carboxylic acids is 1. The maximum atomic E-state index is 12.5. The van der Waals surface area contributed by atoms with Crippen LogP contribution in [0.25, 0.3) is 0 Å². The second kappa shape index (κ2) is 5.72. The van der Waals surface area contributed by atoms with Gasteiger partial charge in [0.2, 0.25) is 5.88 Å². The van der Waals surface area contributed by atoms with Gasteiger partial charge in [0.1, 0.15) is 0 Å². The van der Waals surface area contributed by atoms with Crippen LogP contribution in [0, 0.1) is 18.3 Å². The van der Waals surface area contributed by atoms with E-state index in [1.807, 2.05) is 0 Å². The number of aliphatic carboxylic acids is 1. The lowest BCUT2D eigenvalue weighted by Gasteiger charge is -2.23. The van der Waals surface area contributed by atoms with Gasteiger partial charge in [0, 0.05) is 19.2 Å². The molecule has 1 aromatic heterocycles. The van der Waals surface area contributed by atoms with E-state index in [0.717, 1.165) is 12.8 Å². The molecule has 1 saturated carbocycles. The SMILES string of the molecule is COc1ccc(NC(=O)N2C[C@@H]3CCC[C@@]3(C(=O)O)C2)c(C)n1. The van der Waals surface area contributed by atoms with Gasteiger partial charge >= 0.3 is 12.0 Å². The standard InChI is InChI=1S/C16H21N3O4/c1-10-12(5-6-13(17-10)23-2)18-15(22)19-8-11-4-3-7-16(11,9-19)14(20)21/h5-6,11H,3-4,7-9H2,1-2H3,(H,18,22)(H,20,21)/t11-,16+/m0/s1. The van der Waals surface area contributed by atoms with Gasteiger partial charge in [-0.15, -0.1) is 0 Å². The van der Waals surface area contributed by atoms with Crippen molar-refractivity contribution in [2.45, 2.75) is 26.2 Å². The van der Waals surface area contributed by atoms with Gasteiger partial charge in [0.15, 0.2) is 0 Å². The number of carboxylic acids is 1. The number of urea groups is 1. The van der Waals surface area contributed by atoms with Crippen molar-refractivity contribution in [3.63, 3.8) is 0 Å². The molecule has 0 aromatic carbocycles. The van der Waals surface area contributed by atoms with E-state index in [-0.39, 0.29) is 18.5 Å². The highest BCUT2D eigenvalue weighted by atomic mass is 16.5. The highest BCUT2D eigenvalue weighted by Gasteiger charge is 2.55. The number of nitrogens with zero attached hydrogens (tertiary/aromatic N) is 2. The number of anilines is 1. The summed E-state index contributed by atoms with van der Waals surface area (Å²) in [7, 11) is 1.54. The Morgan fingerprint density at radius 3 is 2.87 bits per heavy atom. The highest BCUT2D eigenvalue weighted by molar-refractivity contribution is 5.91. The molecule has 0 spiro atoms. The number of aromatic nitrogens is 1. The molecule has 1 aliphatic heterocycles. The molecule has 1 aromatic rings. The Kier molecular flexibility index (Phi) is 3.87. The van der Waals surface area contributed by atoms with E-state index in [9.17, 15) is 14.7 Å². The number of ether oxygens (including phenoxy) is 1. The molecule has 3 rings (SSSR count). The predicted molar refractivity (Wildman–Crippen MR) is 83.5 cm³/mol. The van der Waals surface area contributed by atoms with Gasteiger partial charge in [-0.2, -0.15) is 0 Å². The van der Waals surface area contributed by atoms with Gasteiger partial charge in [-0.3, -0.25) is 4.79 Å². The normalized spacial score (nSPS) is 26.0. The number of methoxy groups -OCH3 is 1. The van der Waals surface area contributed by atoms with Crippen molar-refractivity contribution in [3.05, 3.63) is 17.8 Å². The van der Waals surface area contributed by atoms with Crippen LogP contribution in [0.5, 0.6) is 5.88 Å². The topological polar surface area (TPSA) is 91.8 Å². The summed E-state index contributed by atoms with van der Waals surface area (Å²) in [6, 6.07) is 3.15. The molecular formula is C16H21N3O4. The number of fused-ring (bicyclic) bond motifs is 1. The first-order valence-electron chi connectivity index (χ1n) is 7.77. The first-order chi connectivity index (χ1) is 11.0. The number of pyridine rings is 1. The number of amides is 2. The fourth-order valence-corrected chi connectivity index (χ4v) is 3.77. The van der Waals surface area contributed by atoms with E-state index in [2.05, 4.69) is 10.3 Å². The summed E-state index contributed by atoms with van der Waals surface area (Å²) in [5.41, 5.74) is 0.507. The second-order valence-corrected chi connectivity index (χ2v) is 6.35. The summed E-state index contributed by atoms with van der Waals surface area (Å²) in [5, 5.41) is 12.4. The molecule has 2 aliphatic rings. The molecule has 1 aliphatic carbocycles. The van der Waals surface area contributed by atoms with Crippen molar-refractivity contribution in [2.75, 3.05) is 25.5 Å². The fourth-order valence-electron chi connectivity index (χ4n) is 3.77. The first kappa shape index (κ1) is 15.6. The summed E-state index contributed by atoms with van der Waals surface area (Å²) in [4.78, 5) is 30.0. The molecule has 2 N–H and O–H groups in total. The van der Waals surface area contributed by atoms with Crippen LogP contribution < -0.4 is 10.1 Å². The largest absolute Gasteiger partial charge is 0.481 e. The molecule has 2 heterocycles. The number of carboxylic acid groups (broad SMARTS) is 1. The van der Waals surface area contributed by atoms with Crippen molar-refractivity contribution < 1.29 is 19.4 Å². The third-order valence-electron chi connectivity index (χ3n) is 5.09. The Bertz CT molecular complexity index is 648. The minimum Gasteiger partial charge on any atom is -0.481 e. The van der Waals surface area contributed by atoms with Gasteiger partial charge in [0.05, 0.1) is 23.9 Å². The van der Waals surface area contributed by atoms with Gasteiger partial charge in [-0.1, -0.05) is 6.42 Å². The Hall–Kier alpha value is -2.31. The lowest BCUT2D eigenvalue weighted by Crippen LogP contribution is -2.38. The molecule has 0 unspecified atom stereocenters. The molecule has 0 radical (unpaired) electrons. The van der Waals surface area contributed by atoms with Crippen molar-refractivity contribution in [1.82, 2.24) is 9.88 Å². The van der Waals surface area contributed by atoms with Crippen molar-refractivity contribution >= 4 is 17.7 Å². The predicted octanol–water partition coefficient (Wildman–Crippen LogP) is 2.12. The maximum absolute atomic E-state index is 12.5.